The number of aliphatic hydroxyl groups is 2. The Morgan fingerprint density at radius 2 is 0.744 bits per heavy atom. The Morgan fingerprint density at radius 1 is 0.462 bits per heavy atom. The molecule has 0 fully saturated rings. The van der Waals surface area contributed by atoms with Gasteiger partial charge in [-0.3, -0.25) is 0 Å². The highest BCUT2D eigenvalue weighted by molar-refractivity contribution is 6.20. The lowest BCUT2D eigenvalue weighted by atomic mass is 10.00. The summed E-state index contributed by atoms with van der Waals surface area (Å²) < 4.78 is 6.51. The maximum Gasteiger partial charge on any atom is 0.0617 e. The first kappa shape index (κ1) is 39.5. The molecule has 0 rings (SSSR count). The highest BCUT2D eigenvalue weighted by Gasteiger charge is 2.24. The van der Waals surface area contributed by atoms with Crippen LogP contribution in [0.2, 0.25) is 0 Å². The van der Waals surface area contributed by atoms with Crippen molar-refractivity contribution in [1.29, 1.82) is 0 Å². The SMILES string of the molecule is CCCCCCCCCCCC(Cl)CC(CC(C)O)OC(CC(C)O)CC(Cl)CCCCCCCCCCC. The lowest BCUT2D eigenvalue weighted by molar-refractivity contribution is -0.0574. The Hall–Kier alpha value is 0.460. The molecule has 236 valence electrons. The zero-order valence-corrected chi connectivity index (χ0v) is 28.0. The van der Waals surface area contributed by atoms with Crippen molar-refractivity contribution in [2.24, 2.45) is 0 Å². The molecule has 0 aliphatic heterocycles. The van der Waals surface area contributed by atoms with Crippen molar-refractivity contribution in [1.82, 2.24) is 0 Å². The summed E-state index contributed by atoms with van der Waals surface area (Å²) in [5, 5.41) is 20.3. The molecule has 2 N–H and O–H groups in total. The summed E-state index contributed by atoms with van der Waals surface area (Å²) in [4.78, 5) is 0. The van der Waals surface area contributed by atoms with Gasteiger partial charge in [0.1, 0.15) is 0 Å². The molecule has 0 saturated carbocycles. The molecule has 0 aromatic carbocycles. The lowest BCUT2D eigenvalue weighted by Crippen LogP contribution is -2.31. The topological polar surface area (TPSA) is 49.7 Å². The number of rotatable bonds is 30. The Bertz CT molecular complexity index is 447. The maximum absolute atomic E-state index is 10.1. The van der Waals surface area contributed by atoms with Crippen molar-refractivity contribution in [2.45, 2.75) is 217 Å². The van der Waals surface area contributed by atoms with E-state index in [1.807, 2.05) is 13.8 Å². The van der Waals surface area contributed by atoms with Crippen LogP contribution in [0.3, 0.4) is 0 Å². The predicted molar refractivity (Wildman–Crippen MR) is 173 cm³/mol. The van der Waals surface area contributed by atoms with Crippen LogP contribution in [0.15, 0.2) is 0 Å². The summed E-state index contributed by atoms with van der Waals surface area (Å²) in [6.45, 7) is 8.16. The fraction of sp³-hybridized carbons (Fsp3) is 1.00. The number of halogens is 2. The third-order valence-electron chi connectivity index (χ3n) is 7.87. The molecule has 5 heteroatoms. The van der Waals surface area contributed by atoms with Gasteiger partial charge in [0.25, 0.3) is 0 Å². The van der Waals surface area contributed by atoms with Crippen LogP contribution in [-0.2, 0) is 4.74 Å². The molecular formula is C34H68Cl2O3. The van der Waals surface area contributed by atoms with Gasteiger partial charge >= 0.3 is 0 Å². The summed E-state index contributed by atoms with van der Waals surface area (Å²) >= 11 is 13.5. The molecule has 39 heavy (non-hydrogen) atoms. The smallest absolute Gasteiger partial charge is 0.0617 e. The minimum Gasteiger partial charge on any atom is -0.393 e. The number of aliphatic hydroxyl groups excluding tert-OH is 2. The molecule has 6 unspecified atom stereocenters. The molecule has 0 amide bonds. The van der Waals surface area contributed by atoms with E-state index in [-0.39, 0.29) is 23.0 Å². The van der Waals surface area contributed by atoms with Crippen LogP contribution in [0, 0.1) is 0 Å². The van der Waals surface area contributed by atoms with E-state index in [0.29, 0.717) is 12.8 Å². The fourth-order valence-electron chi connectivity index (χ4n) is 5.61. The Balaban J connectivity index is 4.39. The lowest BCUT2D eigenvalue weighted by Gasteiger charge is -2.29. The van der Waals surface area contributed by atoms with Gasteiger partial charge in [0, 0.05) is 10.8 Å². The van der Waals surface area contributed by atoms with Gasteiger partial charge in [0.15, 0.2) is 0 Å². The summed E-state index contributed by atoms with van der Waals surface area (Å²) in [6.07, 6.45) is 27.2. The molecule has 6 atom stereocenters. The molecule has 0 aliphatic carbocycles. The van der Waals surface area contributed by atoms with Gasteiger partial charge < -0.3 is 14.9 Å². The quantitative estimate of drug-likeness (QED) is 0.0641. The summed E-state index contributed by atoms with van der Waals surface area (Å²) in [5.74, 6) is 0. The van der Waals surface area contributed by atoms with Crippen molar-refractivity contribution < 1.29 is 14.9 Å². The van der Waals surface area contributed by atoms with Crippen LogP contribution in [-0.4, -0.2) is 45.4 Å². The van der Waals surface area contributed by atoms with Gasteiger partial charge in [-0.2, -0.15) is 0 Å². The second-order valence-corrected chi connectivity index (χ2v) is 13.7. The van der Waals surface area contributed by atoms with Crippen molar-refractivity contribution >= 4 is 23.2 Å². The van der Waals surface area contributed by atoms with Crippen LogP contribution in [0.5, 0.6) is 0 Å². The van der Waals surface area contributed by atoms with Crippen LogP contribution in [0.25, 0.3) is 0 Å². The minimum absolute atomic E-state index is 0.0549. The second-order valence-electron chi connectivity index (χ2n) is 12.4. The van der Waals surface area contributed by atoms with Gasteiger partial charge in [-0.1, -0.05) is 129 Å². The Kier molecular flexibility index (Phi) is 28.9. The average Bonchev–Trinajstić information content (AvgIpc) is 2.85. The molecular weight excluding hydrogens is 527 g/mol. The molecule has 0 aromatic rings. The molecule has 0 aromatic heterocycles. The number of hydrogen-bond acceptors (Lipinski definition) is 3. The summed E-state index contributed by atoms with van der Waals surface area (Å²) in [7, 11) is 0. The van der Waals surface area contributed by atoms with E-state index in [1.54, 1.807) is 0 Å². The van der Waals surface area contributed by atoms with Gasteiger partial charge in [0.05, 0.1) is 24.4 Å². The molecule has 0 saturated heterocycles. The summed E-state index contributed by atoms with van der Waals surface area (Å²) in [5.41, 5.74) is 0. The van der Waals surface area contributed by atoms with E-state index >= 15 is 0 Å². The van der Waals surface area contributed by atoms with E-state index in [2.05, 4.69) is 13.8 Å². The molecule has 3 nitrogen and oxygen atoms in total. The fourth-order valence-corrected chi connectivity index (χ4v) is 6.31. The molecule has 0 heterocycles. The van der Waals surface area contributed by atoms with Crippen molar-refractivity contribution in [3.8, 4) is 0 Å². The third kappa shape index (κ3) is 28.4. The number of ether oxygens (including phenoxy) is 1. The maximum atomic E-state index is 10.1. The number of alkyl halides is 2. The normalized spacial score (nSPS) is 16.6. The standard InChI is InChI=1S/C34H68Cl2O3/c1-5-7-9-11-13-15-17-19-21-23-31(35)27-33(25-29(3)37)39-34(26-30(4)38)28-32(36)24-22-20-18-16-14-12-10-8-6-2/h29-34,37-38H,5-28H2,1-4H3. The Labute approximate surface area is 254 Å². The zero-order valence-electron chi connectivity index (χ0n) is 26.5. The first-order chi connectivity index (χ1) is 18.8. The van der Waals surface area contributed by atoms with Gasteiger partial charge in [0.2, 0.25) is 0 Å². The largest absolute Gasteiger partial charge is 0.393 e. The van der Waals surface area contributed by atoms with E-state index in [0.717, 1.165) is 38.5 Å². The molecule has 0 bridgehead atoms. The van der Waals surface area contributed by atoms with Gasteiger partial charge in [-0.05, 0) is 52.4 Å². The van der Waals surface area contributed by atoms with E-state index < -0.39 is 12.2 Å². The second kappa shape index (κ2) is 28.6. The van der Waals surface area contributed by atoms with Crippen LogP contribution >= 0.6 is 23.2 Å². The highest BCUT2D eigenvalue weighted by Crippen LogP contribution is 2.26. The summed E-state index contributed by atoms with van der Waals surface area (Å²) in [6, 6.07) is 0. The first-order valence-corrected chi connectivity index (χ1v) is 17.9. The zero-order chi connectivity index (χ0) is 29.1. The average molecular weight is 596 g/mol. The molecule has 0 radical (unpaired) electrons. The third-order valence-corrected chi connectivity index (χ3v) is 8.66. The van der Waals surface area contributed by atoms with E-state index in [9.17, 15) is 10.2 Å². The Morgan fingerprint density at radius 3 is 1.03 bits per heavy atom. The molecule has 0 spiro atoms. The van der Waals surface area contributed by atoms with Crippen molar-refractivity contribution in [3.63, 3.8) is 0 Å². The highest BCUT2D eigenvalue weighted by atomic mass is 35.5. The van der Waals surface area contributed by atoms with Crippen molar-refractivity contribution in [2.75, 3.05) is 0 Å². The monoisotopic (exact) mass is 594 g/mol. The van der Waals surface area contributed by atoms with Crippen LogP contribution < -0.4 is 0 Å². The van der Waals surface area contributed by atoms with Gasteiger partial charge in [-0.15, -0.1) is 23.2 Å². The minimum atomic E-state index is -0.437. The van der Waals surface area contributed by atoms with Gasteiger partial charge in [-0.25, -0.2) is 0 Å². The predicted octanol–water partition coefficient (Wildman–Crippen LogP) is 11.1. The van der Waals surface area contributed by atoms with Crippen LogP contribution in [0.4, 0.5) is 0 Å². The van der Waals surface area contributed by atoms with Crippen LogP contribution in [0.1, 0.15) is 182 Å². The van der Waals surface area contributed by atoms with E-state index in [4.69, 9.17) is 27.9 Å². The first-order valence-electron chi connectivity index (χ1n) is 17.1. The van der Waals surface area contributed by atoms with Crippen molar-refractivity contribution in [3.05, 3.63) is 0 Å². The molecule has 0 aliphatic rings. The number of unbranched alkanes of at least 4 members (excludes halogenated alkanes) is 16. The van der Waals surface area contributed by atoms with E-state index in [1.165, 1.54) is 103 Å². The number of hydrogen-bond donors (Lipinski definition) is 2.